The summed E-state index contributed by atoms with van der Waals surface area (Å²) >= 11 is 5.98. The molecule has 3 aromatic rings. The van der Waals surface area contributed by atoms with Crippen molar-refractivity contribution in [3.05, 3.63) is 40.2 Å². The highest BCUT2D eigenvalue weighted by atomic mass is 35.5. The molecule has 3 heterocycles. The van der Waals surface area contributed by atoms with Crippen LogP contribution in [-0.4, -0.2) is 41.2 Å². The number of nitrogens with zero attached hydrogens (tertiary/aromatic N) is 6. The third-order valence-electron chi connectivity index (χ3n) is 5.83. The molecule has 4 rings (SSSR count). The molecule has 10 nitrogen and oxygen atoms in total. The zero-order chi connectivity index (χ0) is 25.5. The van der Waals surface area contributed by atoms with Gasteiger partial charge in [-0.1, -0.05) is 11.6 Å². The third-order valence-corrected chi connectivity index (χ3v) is 6.20. The predicted molar refractivity (Wildman–Crippen MR) is 121 cm³/mol. The SMILES string of the molecule is CCn1ncc(NC(=O)CCn2nc(C(F)(F)F)c(Cl)c2C2CC2)c1C(=O)Nc1cnn(C)c1C. The molecule has 0 unspecified atom stereocenters. The number of amides is 2. The van der Waals surface area contributed by atoms with Crippen LogP contribution in [-0.2, 0) is 31.1 Å². The lowest BCUT2D eigenvalue weighted by molar-refractivity contribution is -0.141. The minimum atomic E-state index is -4.68. The molecule has 0 aromatic carbocycles. The standard InChI is InChI=1S/C21H24ClF3N8O2/c1-4-32-18(20(35)29-13-9-26-31(3)11(13)2)14(10-27-32)28-15(34)7-8-33-17(12-5-6-12)16(22)19(30-33)21(23,24)25/h9-10,12H,4-8H2,1-3H3,(H,28,34)(H,29,35). The van der Waals surface area contributed by atoms with Gasteiger partial charge in [-0.2, -0.15) is 28.5 Å². The molecule has 0 bridgehead atoms. The molecule has 0 radical (unpaired) electrons. The Morgan fingerprint density at radius 3 is 2.40 bits per heavy atom. The lowest BCUT2D eigenvalue weighted by Crippen LogP contribution is -2.22. The average molecular weight is 513 g/mol. The number of hydrogen-bond donors (Lipinski definition) is 2. The Balaban J connectivity index is 1.48. The fourth-order valence-electron chi connectivity index (χ4n) is 3.73. The van der Waals surface area contributed by atoms with E-state index in [1.165, 1.54) is 17.1 Å². The van der Waals surface area contributed by atoms with Crippen LogP contribution in [0.5, 0.6) is 0 Å². The highest BCUT2D eigenvalue weighted by molar-refractivity contribution is 6.32. The van der Waals surface area contributed by atoms with E-state index in [0.29, 0.717) is 17.9 Å². The summed E-state index contributed by atoms with van der Waals surface area (Å²) in [6.07, 6.45) is -0.540. The van der Waals surface area contributed by atoms with Gasteiger partial charge in [0.25, 0.3) is 5.91 Å². The molecule has 3 aromatic heterocycles. The molecule has 14 heteroatoms. The molecular weight excluding hydrogens is 489 g/mol. The van der Waals surface area contributed by atoms with Crippen molar-refractivity contribution in [1.82, 2.24) is 29.3 Å². The van der Waals surface area contributed by atoms with Gasteiger partial charge in [-0.05, 0) is 26.7 Å². The highest BCUT2D eigenvalue weighted by Crippen LogP contribution is 2.46. The van der Waals surface area contributed by atoms with E-state index in [1.54, 1.807) is 25.6 Å². The number of carbonyl (C=O) groups excluding carboxylic acids is 2. The van der Waals surface area contributed by atoms with Gasteiger partial charge in [0.15, 0.2) is 5.69 Å². The first kappa shape index (κ1) is 24.8. The van der Waals surface area contributed by atoms with Crippen LogP contribution in [0.25, 0.3) is 0 Å². The summed E-state index contributed by atoms with van der Waals surface area (Å²) in [4.78, 5) is 25.6. The third kappa shape index (κ3) is 5.04. The lowest BCUT2D eigenvalue weighted by atomic mass is 10.2. The predicted octanol–water partition coefficient (Wildman–Crippen LogP) is 3.97. The first-order chi connectivity index (χ1) is 16.5. The van der Waals surface area contributed by atoms with Crippen LogP contribution in [0.4, 0.5) is 24.5 Å². The van der Waals surface area contributed by atoms with Crippen molar-refractivity contribution in [1.29, 1.82) is 0 Å². The molecular formula is C21H24ClF3N8O2. The summed E-state index contributed by atoms with van der Waals surface area (Å²) in [6.45, 7) is 3.88. The van der Waals surface area contributed by atoms with E-state index in [0.717, 1.165) is 23.2 Å². The van der Waals surface area contributed by atoms with Crippen LogP contribution in [0.3, 0.4) is 0 Å². The zero-order valence-electron chi connectivity index (χ0n) is 19.3. The monoisotopic (exact) mass is 512 g/mol. The topological polar surface area (TPSA) is 112 Å². The summed E-state index contributed by atoms with van der Waals surface area (Å²) in [5.74, 6) is -1.09. The average Bonchev–Trinajstić information content (AvgIpc) is 3.34. The summed E-state index contributed by atoms with van der Waals surface area (Å²) in [6, 6.07) is 0. The van der Waals surface area contributed by atoms with Crippen molar-refractivity contribution in [3.63, 3.8) is 0 Å². The zero-order valence-corrected chi connectivity index (χ0v) is 20.0. The second kappa shape index (κ2) is 9.36. The first-order valence-electron chi connectivity index (χ1n) is 11.0. The summed E-state index contributed by atoms with van der Waals surface area (Å²) < 4.78 is 44.0. The molecule has 0 saturated heterocycles. The summed E-state index contributed by atoms with van der Waals surface area (Å²) in [5, 5.41) is 16.9. The Kier molecular flexibility index (Phi) is 6.62. The van der Waals surface area contributed by atoms with E-state index in [2.05, 4.69) is 25.9 Å². The highest BCUT2D eigenvalue weighted by Gasteiger charge is 2.42. The number of anilines is 2. The number of alkyl halides is 3. The minimum Gasteiger partial charge on any atom is -0.323 e. The molecule has 2 N–H and O–H groups in total. The Morgan fingerprint density at radius 1 is 1.14 bits per heavy atom. The van der Waals surface area contributed by atoms with Gasteiger partial charge in [0, 0.05) is 25.9 Å². The Morgan fingerprint density at radius 2 is 1.83 bits per heavy atom. The molecule has 1 fully saturated rings. The van der Waals surface area contributed by atoms with E-state index in [-0.39, 0.29) is 30.3 Å². The second-order valence-corrected chi connectivity index (χ2v) is 8.66. The van der Waals surface area contributed by atoms with Crippen molar-refractivity contribution in [2.24, 2.45) is 7.05 Å². The molecule has 1 saturated carbocycles. The number of aromatic nitrogens is 6. The van der Waals surface area contributed by atoms with Gasteiger partial charge in [0.2, 0.25) is 5.91 Å². The molecule has 188 valence electrons. The van der Waals surface area contributed by atoms with Crippen LogP contribution in [0, 0.1) is 6.92 Å². The number of halogens is 4. The molecule has 1 aliphatic rings. The smallest absolute Gasteiger partial charge is 0.323 e. The molecule has 0 atom stereocenters. The van der Waals surface area contributed by atoms with Crippen LogP contribution in [0.1, 0.15) is 59.7 Å². The van der Waals surface area contributed by atoms with E-state index in [1.807, 2.05) is 0 Å². The van der Waals surface area contributed by atoms with Crippen LogP contribution in [0.15, 0.2) is 12.4 Å². The number of nitrogens with one attached hydrogen (secondary N) is 2. The van der Waals surface area contributed by atoms with Gasteiger partial charge < -0.3 is 10.6 Å². The van der Waals surface area contributed by atoms with Gasteiger partial charge in [0.1, 0.15) is 5.69 Å². The quantitative estimate of drug-likeness (QED) is 0.474. The Bertz CT molecular complexity index is 1270. The number of rotatable bonds is 8. The van der Waals surface area contributed by atoms with Crippen LogP contribution in [0.2, 0.25) is 5.02 Å². The van der Waals surface area contributed by atoms with Gasteiger partial charge in [0.05, 0.1) is 46.7 Å². The van der Waals surface area contributed by atoms with Crippen molar-refractivity contribution >= 4 is 34.8 Å². The maximum atomic E-state index is 13.3. The molecule has 35 heavy (non-hydrogen) atoms. The van der Waals surface area contributed by atoms with Crippen molar-refractivity contribution in [2.75, 3.05) is 10.6 Å². The van der Waals surface area contributed by atoms with Crippen LogP contribution >= 0.6 is 11.6 Å². The minimum absolute atomic E-state index is 0.0915. The van der Waals surface area contributed by atoms with E-state index < -0.39 is 28.7 Å². The Labute approximate surface area is 203 Å². The molecule has 0 aliphatic heterocycles. The van der Waals surface area contributed by atoms with Crippen molar-refractivity contribution < 1.29 is 22.8 Å². The molecule has 0 spiro atoms. The number of hydrogen-bond acceptors (Lipinski definition) is 5. The summed E-state index contributed by atoms with van der Waals surface area (Å²) in [7, 11) is 1.74. The first-order valence-corrected chi connectivity index (χ1v) is 11.4. The van der Waals surface area contributed by atoms with E-state index in [4.69, 9.17) is 11.6 Å². The van der Waals surface area contributed by atoms with Gasteiger partial charge >= 0.3 is 6.18 Å². The molecule has 2 amide bonds. The van der Waals surface area contributed by atoms with E-state index >= 15 is 0 Å². The second-order valence-electron chi connectivity index (χ2n) is 8.29. The van der Waals surface area contributed by atoms with Crippen molar-refractivity contribution in [3.8, 4) is 0 Å². The van der Waals surface area contributed by atoms with Crippen LogP contribution < -0.4 is 10.6 Å². The van der Waals surface area contributed by atoms with Gasteiger partial charge in [-0.3, -0.25) is 23.6 Å². The van der Waals surface area contributed by atoms with Gasteiger partial charge in [-0.25, -0.2) is 0 Å². The molecule has 1 aliphatic carbocycles. The Hall–Kier alpha value is -3.35. The van der Waals surface area contributed by atoms with Crippen molar-refractivity contribution in [2.45, 2.75) is 58.3 Å². The largest absolute Gasteiger partial charge is 0.436 e. The fourth-order valence-corrected chi connectivity index (χ4v) is 4.13. The van der Waals surface area contributed by atoms with Gasteiger partial charge in [-0.15, -0.1) is 0 Å². The summed E-state index contributed by atoms with van der Waals surface area (Å²) in [5.41, 5.74) is 0.751. The lowest BCUT2D eigenvalue weighted by Gasteiger charge is -2.11. The van der Waals surface area contributed by atoms with E-state index in [9.17, 15) is 22.8 Å². The number of carbonyl (C=O) groups is 2. The normalized spacial score (nSPS) is 13.8. The maximum Gasteiger partial charge on any atom is 0.436 e. The number of aryl methyl sites for hydroxylation is 3. The maximum absolute atomic E-state index is 13.3. The fraction of sp³-hybridized carbons (Fsp3) is 0.476.